The van der Waals surface area contributed by atoms with Gasteiger partial charge in [-0.25, -0.2) is 18.3 Å². The summed E-state index contributed by atoms with van der Waals surface area (Å²) in [6, 6.07) is 8.24. The molecule has 0 saturated carbocycles. The summed E-state index contributed by atoms with van der Waals surface area (Å²) in [4.78, 5) is 52.2. The molecule has 0 spiro atoms. The van der Waals surface area contributed by atoms with Crippen molar-refractivity contribution in [3.05, 3.63) is 65.4 Å². The second-order valence-corrected chi connectivity index (χ2v) is 16.8. The Kier molecular flexibility index (Phi) is 10.3. The third-order valence-electron chi connectivity index (χ3n) is 13.1. The van der Waals surface area contributed by atoms with Crippen LogP contribution in [0.15, 0.2) is 42.9 Å². The standard InChI is InChI=1S/C41H49F2N13O4/c1-50-37-25(3-2-4-29(37)35(48-50)30-5-6-34(57)47-40(30)58)21-53-17-15-52(16-18-53)14-13-51-10-7-26(8-11-51)56-23-32(36(49-56)38(42)43)45-41(59)31-20-44-55-12-9-33(46-39(31)55)54-22-28-19-27(54)24-60-28/h2-4,9,12,20,23,26-28,30,38H,5-8,10-11,13-19,21-22,24H2,1H3,(H,45,59)(H,47,57,58)/t27-,28-,30?/m1/s1. The molecule has 9 heterocycles. The third-order valence-corrected chi connectivity index (χ3v) is 13.1. The highest BCUT2D eigenvalue weighted by Gasteiger charge is 2.40. The minimum atomic E-state index is -2.86. The number of likely N-dealkylation sites (tertiary alicyclic amines) is 1. The van der Waals surface area contributed by atoms with E-state index in [2.05, 4.69) is 46.5 Å². The van der Waals surface area contributed by atoms with Gasteiger partial charge in [-0.15, -0.1) is 0 Å². The van der Waals surface area contributed by atoms with Gasteiger partial charge in [-0.3, -0.25) is 38.9 Å². The van der Waals surface area contributed by atoms with Crippen LogP contribution in [0.3, 0.4) is 0 Å². The van der Waals surface area contributed by atoms with E-state index < -0.39 is 23.9 Å². The Hall–Kier alpha value is -5.37. The molecule has 5 aromatic rings. The number of piperazine rings is 1. The van der Waals surface area contributed by atoms with Crippen LogP contribution in [0, 0.1) is 0 Å². The van der Waals surface area contributed by atoms with Gasteiger partial charge in [0, 0.05) is 96.7 Å². The van der Waals surface area contributed by atoms with E-state index in [1.54, 1.807) is 10.9 Å². The zero-order chi connectivity index (χ0) is 41.1. The van der Waals surface area contributed by atoms with Gasteiger partial charge in [0.2, 0.25) is 11.8 Å². The van der Waals surface area contributed by atoms with Gasteiger partial charge in [0.1, 0.15) is 11.4 Å². The first-order valence-corrected chi connectivity index (χ1v) is 21.0. The lowest BCUT2D eigenvalue weighted by Crippen LogP contribution is -2.48. The van der Waals surface area contributed by atoms with Crippen LogP contribution in [0.1, 0.15) is 77.8 Å². The summed E-state index contributed by atoms with van der Waals surface area (Å²) < 4.78 is 39.3. The van der Waals surface area contributed by atoms with Gasteiger partial charge < -0.3 is 19.9 Å². The molecule has 0 aliphatic carbocycles. The Bertz CT molecular complexity index is 2430. The summed E-state index contributed by atoms with van der Waals surface area (Å²) in [7, 11) is 1.92. The molecule has 0 radical (unpaired) electrons. The molecule has 19 heteroatoms. The fraction of sp³-hybridized carbons (Fsp3) is 0.537. The quantitative estimate of drug-likeness (QED) is 0.188. The van der Waals surface area contributed by atoms with Crippen molar-refractivity contribution in [3.63, 3.8) is 0 Å². The number of amides is 3. The van der Waals surface area contributed by atoms with Gasteiger partial charge in [-0.2, -0.15) is 15.3 Å². The van der Waals surface area contributed by atoms with Gasteiger partial charge >= 0.3 is 0 Å². The van der Waals surface area contributed by atoms with Crippen LogP contribution in [0.25, 0.3) is 16.6 Å². The molecule has 1 aromatic carbocycles. The molecule has 3 amide bonds. The number of imide groups is 1. The molecule has 60 heavy (non-hydrogen) atoms. The normalized spacial score (nSPS) is 23.5. The number of ether oxygens (including phenoxy) is 1. The molecule has 10 rings (SSSR count). The summed E-state index contributed by atoms with van der Waals surface area (Å²) >= 11 is 0. The SMILES string of the molecule is Cn1nc(C2CCC(=O)NC2=O)c2cccc(CN3CCN(CCN4CCC(n5cc(NC(=O)c6cnn7ccc(N8C[C@H]9C[C@@H]8CO9)nc67)c(C(F)F)n5)CC4)CC3)c21. The number of aromatic nitrogens is 7. The lowest BCUT2D eigenvalue weighted by atomic mass is 9.92. The smallest absolute Gasteiger partial charge is 0.284 e. The van der Waals surface area contributed by atoms with Crippen LogP contribution in [-0.2, 0) is 27.9 Å². The summed E-state index contributed by atoms with van der Waals surface area (Å²) in [5.41, 5.74) is 3.03. The number of carbonyl (C=O) groups excluding carboxylic acids is 3. The van der Waals surface area contributed by atoms with E-state index in [4.69, 9.17) is 14.8 Å². The van der Waals surface area contributed by atoms with Gasteiger partial charge in [0.15, 0.2) is 11.3 Å². The second kappa shape index (κ2) is 15.9. The maximum absolute atomic E-state index is 14.3. The summed E-state index contributed by atoms with van der Waals surface area (Å²) in [5, 5.41) is 19.4. The maximum Gasteiger partial charge on any atom is 0.284 e. The number of halogens is 2. The molecular formula is C41H49F2N13O4. The molecule has 5 aliphatic heterocycles. The molecule has 5 aliphatic rings. The van der Waals surface area contributed by atoms with E-state index in [9.17, 15) is 23.2 Å². The number of benzene rings is 1. The monoisotopic (exact) mass is 825 g/mol. The Morgan fingerprint density at radius 2 is 1.77 bits per heavy atom. The Balaban J connectivity index is 0.710. The first-order chi connectivity index (χ1) is 29.1. The van der Waals surface area contributed by atoms with Gasteiger partial charge in [0.25, 0.3) is 12.3 Å². The lowest BCUT2D eigenvalue weighted by Gasteiger charge is -2.37. The molecule has 2 bridgehead atoms. The molecule has 316 valence electrons. The predicted octanol–water partition coefficient (Wildman–Crippen LogP) is 2.95. The number of hydrogen-bond donors (Lipinski definition) is 2. The molecule has 2 N–H and O–H groups in total. The summed E-state index contributed by atoms with van der Waals surface area (Å²) in [6.07, 6.45) is 5.30. The average Bonchev–Trinajstić information content (AvgIpc) is 4.10. The first-order valence-electron chi connectivity index (χ1n) is 21.0. The Labute approximate surface area is 344 Å². The number of alkyl halides is 2. The van der Waals surface area contributed by atoms with Gasteiger partial charge in [0.05, 0.1) is 53.8 Å². The van der Waals surface area contributed by atoms with Crippen LogP contribution in [0.4, 0.5) is 20.3 Å². The highest BCUT2D eigenvalue weighted by Crippen LogP contribution is 2.34. The third kappa shape index (κ3) is 7.41. The van der Waals surface area contributed by atoms with Crippen molar-refractivity contribution in [2.45, 2.75) is 69.2 Å². The number of hydrogen-bond acceptors (Lipinski definition) is 12. The van der Waals surface area contributed by atoms with Crippen molar-refractivity contribution in [1.29, 1.82) is 0 Å². The highest BCUT2D eigenvalue weighted by atomic mass is 19.3. The number of fused-ring (bicyclic) bond motifs is 4. The second-order valence-electron chi connectivity index (χ2n) is 16.8. The molecular weight excluding hydrogens is 777 g/mol. The minimum absolute atomic E-state index is 0.00458. The van der Waals surface area contributed by atoms with Crippen molar-refractivity contribution >= 4 is 45.8 Å². The van der Waals surface area contributed by atoms with E-state index in [0.717, 1.165) is 107 Å². The fourth-order valence-electron chi connectivity index (χ4n) is 9.79. The van der Waals surface area contributed by atoms with E-state index in [1.807, 2.05) is 29.9 Å². The number of carbonyl (C=O) groups is 3. The van der Waals surface area contributed by atoms with Crippen LogP contribution in [0.5, 0.6) is 0 Å². The maximum atomic E-state index is 14.3. The molecule has 3 atom stereocenters. The zero-order valence-electron chi connectivity index (χ0n) is 33.6. The van der Waals surface area contributed by atoms with Crippen molar-refractivity contribution in [1.82, 2.24) is 54.2 Å². The van der Waals surface area contributed by atoms with Gasteiger partial charge in [-0.05, 0) is 37.3 Å². The largest absolute Gasteiger partial charge is 0.374 e. The van der Waals surface area contributed by atoms with Crippen LogP contribution < -0.4 is 15.5 Å². The van der Waals surface area contributed by atoms with Gasteiger partial charge in [-0.1, -0.05) is 18.2 Å². The molecule has 1 unspecified atom stereocenters. The average molecular weight is 826 g/mol. The van der Waals surface area contributed by atoms with E-state index in [1.165, 1.54) is 22.5 Å². The fourth-order valence-corrected chi connectivity index (χ4v) is 9.79. The van der Waals surface area contributed by atoms with Crippen LogP contribution >= 0.6 is 0 Å². The van der Waals surface area contributed by atoms with E-state index in [0.29, 0.717) is 25.1 Å². The predicted molar refractivity (Wildman–Crippen MR) is 216 cm³/mol. The number of rotatable bonds is 11. The number of aryl methyl sites for hydroxylation is 1. The highest BCUT2D eigenvalue weighted by molar-refractivity contribution is 6.08. The van der Waals surface area contributed by atoms with Crippen LogP contribution in [0.2, 0.25) is 0 Å². The summed E-state index contributed by atoms with van der Waals surface area (Å²) in [6.45, 7) is 9.49. The van der Waals surface area contributed by atoms with Crippen molar-refractivity contribution in [2.24, 2.45) is 7.05 Å². The number of nitrogens with zero attached hydrogens (tertiary/aromatic N) is 11. The van der Waals surface area contributed by atoms with Crippen molar-refractivity contribution in [2.75, 3.05) is 75.7 Å². The van der Waals surface area contributed by atoms with Crippen molar-refractivity contribution in [3.8, 4) is 0 Å². The first kappa shape index (κ1) is 38.8. The molecule has 5 saturated heterocycles. The Morgan fingerprint density at radius 1 is 0.983 bits per heavy atom. The number of anilines is 2. The van der Waals surface area contributed by atoms with Crippen LogP contribution in [-0.4, -0.2) is 144 Å². The molecule has 5 fully saturated rings. The Morgan fingerprint density at radius 3 is 2.50 bits per heavy atom. The zero-order valence-corrected chi connectivity index (χ0v) is 33.6. The molecule has 17 nitrogen and oxygen atoms in total. The van der Waals surface area contributed by atoms with E-state index >= 15 is 0 Å². The number of morpholine rings is 1. The number of para-hydroxylation sites is 1. The van der Waals surface area contributed by atoms with Crippen molar-refractivity contribution < 1.29 is 27.9 Å². The summed E-state index contributed by atoms with van der Waals surface area (Å²) in [5.74, 6) is -0.763. The number of piperidine rings is 2. The molecule has 4 aromatic heterocycles. The number of nitrogens with one attached hydrogen (secondary N) is 2. The topological polar surface area (TPSA) is 163 Å². The van der Waals surface area contributed by atoms with E-state index in [-0.39, 0.29) is 41.3 Å². The lowest BCUT2D eigenvalue weighted by molar-refractivity contribution is -0.134. The minimum Gasteiger partial charge on any atom is -0.374 e.